The van der Waals surface area contributed by atoms with Crippen molar-refractivity contribution >= 4 is 23.0 Å². The summed E-state index contributed by atoms with van der Waals surface area (Å²) in [6, 6.07) is 26.7. The fraction of sp³-hybridized carbons (Fsp3) is 0.185. The van der Waals surface area contributed by atoms with Gasteiger partial charge in [0.15, 0.2) is 5.11 Å². The van der Waals surface area contributed by atoms with E-state index < -0.39 is 0 Å². The van der Waals surface area contributed by atoms with Crippen LogP contribution < -0.4 is 10.6 Å². The Hall–Kier alpha value is -3.71. The summed E-state index contributed by atoms with van der Waals surface area (Å²) in [5.41, 5.74) is 4.03. The van der Waals surface area contributed by atoms with Crippen molar-refractivity contribution in [3.8, 4) is 5.69 Å². The van der Waals surface area contributed by atoms with Crippen molar-refractivity contribution in [3.05, 3.63) is 115 Å². The molecule has 0 unspecified atom stereocenters. The maximum atomic E-state index is 13.6. The first-order valence-corrected chi connectivity index (χ1v) is 11.8. The number of para-hydroxylation sites is 1. The molecule has 0 aliphatic carbocycles. The highest BCUT2D eigenvalue weighted by atomic mass is 32.1. The Morgan fingerprint density at radius 2 is 1.74 bits per heavy atom. The van der Waals surface area contributed by atoms with E-state index in [0.717, 1.165) is 42.3 Å². The molecule has 1 saturated heterocycles. The van der Waals surface area contributed by atoms with Crippen LogP contribution in [0.3, 0.4) is 0 Å². The molecule has 0 saturated carbocycles. The highest BCUT2D eigenvalue weighted by Gasteiger charge is 2.40. The van der Waals surface area contributed by atoms with Gasteiger partial charge in [0.25, 0.3) is 0 Å². The Kier molecular flexibility index (Phi) is 6.53. The third-order valence-electron chi connectivity index (χ3n) is 6.06. The number of hydrogen-bond donors (Lipinski definition) is 2. The van der Waals surface area contributed by atoms with E-state index in [0.29, 0.717) is 5.11 Å². The molecule has 0 radical (unpaired) electrons. The molecule has 0 bridgehead atoms. The van der Waals surface area contributed by atoms with Crippen LogP contribution in [0.25, 0.3) is 5.69 Å². The van der Waals surface area contributed by atoms with Gasteiger partial charge in [-0.3, -0.25) is 4.98 Å². The minimum absolute atomic E-state index is 0.0563. The summed E-state index contributed by atoms with van der Waals surface area (Å²) in [5.74, 6) is -0.250. The highest BCUT2D eigenvalue weighted by molar-refractivity contribution is 7.80. The van der Waals surface area contributed by atoms with Crippen LogP contribution in [0.5, 0.6) is 0 Å². The van der Waals surface area contributed by atoms with Crippen LogP contribution >= 0.6 is 12.2 Å². The second-order valence-corrected chi connectivity index (χ2v) is 8.63. The average Bonchev–Trinajstić information content (AvgIpc) is 3.48. The lowest BCUT2D eigenvalue weighted by Gasteiger charge is -2.29. The lowest BCUT2D eigenvalue weighted by Crippen LogP contribution is -2.32. The third kappa shape index (κ3) is 4.65. The molecule has 7 heteroatoms. The molecule has 2 aromatic carbocycles. The Balaban J connectivity index is 1.42. The standard InChI is InChI=1S/C27H26FN5S/c28-20-12-14-22(15-13-20)32-18-6-11-24(32)26-25(23-10-4-5-16-30-23)31-27(34)33(26)19-7-17-29-21-8-2-1-3-9-21/h1-6,8-16,18,25-26,29H,7,17,19H2,(H,31,34)/t25-,26-/m0/s1. The predicted molar refractivity (Wildman–Crippen MR) is 137 cm³/mol. The molecule has 34 heavy (non-hydrogen) atoms. The molecule has 2 atom stereocenters. The zero-order valence-electron chi connectivity index (χ0n) is 18.6. The first kappa shape index (κ1) is 22.1. The molecular formula is C27H26FN5S. The van der Waals surface area contributed by atoms with E-state index in [2.05, 4.69) is 43.3 Å². The number of hydrogen-bond acceptors (Lipinski definition) is 3. The molecule has 2 aromatic heterocycles. The molecule has 5 rings (SSSR count). The molecule has 0 amide bonds. The maximum absolute atomic E-state index is 13.6. The summed E-state index contributed by atoms with van der Waals surface area (Å²) < 4.78 is 15.7. The van der Waals surface area contributed by atoms with Gasteiger partial charge in [-0.15, -0.1) is 0 Å². The lowest BCUT2D eigenvalue weighted by atomic mass is 10.0. The largest absolute Gasteiger partial charge is 0.385 e. The zero-order valence-corrected chi connectivity index (χ0v) is 19.5. The number of nitrogens with one attached hydrogen (secondary N) is 2. The molecule has 1 aliphatic rings. The van der Waals surface area contributed by atoms with Gasteiger partial charge in [0.05, 0.1) is 17.8 Å². The first-order chi connectivity index (χ1) is 16.7. The number of halogens is 1. The molecule has 1 fully saturated rings. The van der Waals surface area contributed by atoms with Gasteiger partial charge in [0.1, 0.15) is 5.82 Å². The van der Waals surface area contributed by atoms with Gasteiger partial charge >= 0.3 is 0 Å². The summed E-state index contributed by atoms with van der Waals surface area (Å²) in [4.78, 5) is 6.87. The number of rotatable bonds is 8. The normalized spacial score (nSPS) is 17.6. The van der Waals surface area contributed by atoms with E-state index in [-0.39, 0.29) is 17.9 Å². The van der Waals surface area contributed by atoms with Gasteiger partial charge in [-0.25, -0.2) is 4.39 Å². The Morgan fingerprint density at radius 1 is 0.941 bits per heavy atom. The second kappa shape index (κ2) is 10.1. The van der Waals surface area contributed by atoms with Crippen LogP contribution in [0, 0.1) is 5.82 Å². The summed E-state index contributed by atoms with van der Waals surface area (Å²) >= 11 is 5.80. The Bertz CT molecular complexity index is 1230. The van der Waals surface area contributed by atoms with E-state index in [4.69, 9.17) is 12.2 Å². The summed E-state index contributed by atoms with van der Waals surface area (Å²) in [6.45, 7) is 1.62. The van der Waals surface area contributed by atoms with Crippen LogP contribution in [0.4, 0.5) is 10.1 Å². The molecule has 1 aliphatic heterocycles. The molecule has 0 spiro atoms. The van der Waals surface area contributed by atoms with Crippen molar-refractivity contribution in [3.63, 3.8) is 0 Å². The molecule has 172 valence electrons. The SMILES string of the molecule is Fc1ccc(-n2cccc2[C@H]2[C@H](c3ccccn3)NC(=S)N2CCCNc2ccccc2)cc1. The van der Waals surface area contributed by atoms with E-state index in [9.17, 15) is 4.39 Å². The smallest absolute Gasteiger partial charge is 0.170 e. The number of aromatic nitrogens is 2. The van der Waals surface area contributed by atoms with Gasteiger partial charge in [0, 0.05) is 42.6 Å². The second-order valence-electron chi connectivity index (χ2n) is 8.25. The van der Waals surface area contributed by atoms with E-state index in [1.165, 1.54) is 12.1 Å². The Labute approximate surface area is 204 Å². The van der Waals surface area contributed by atoms with E-state index in [1.54, 1.807) is 12.1 Å². The third-order valence-corrected chi connectivity index (χ3v) is 6.42. The van der Waals surface area contributed by atoms with Gasteiger partial charge in [-0.2, -0.15) is 0 Å². The number of pyridine rings is 1. The predicted octanol–water partition coefficient (Wildman–Crippen LogP) is 5.49. The van der Waals surface area contributed by atoms with Gasteiger partial charge in [-0.05, 0) is 79.3 Å². The number of anilines is 1. The summed E-state index contributed by atoms with van der Waals surface area (Å²) in [5, 5.41) is 7.70. The van der Waals surface area contributed by atoms with Crippen molar-refractivity contribution in [1.82, 2.24) is 19.8 Å². The molecule has 4 aromatic rings. The van der Waals surface area contributed by atoms with E-state index in [1.807, 2.05) is 54.9 Å². The maximum Gasteiger partial charge on any atom is 0.170 e. The van der Waals surface area contributed by atoms with Gasteiger partial charge in [-0.1, -0.05) is 24.3 Å². The van der Waals surface area contributed by atoms with Gasteiger partial charge in [0.2, 0.25) is 0 Å². The van der Waals surface area contributed by atoms with E-state index >= 15 is 0 Å². The minimum Gasteiger partial charge on any atom is -0.385 e. The van der Waals surface area contributed by atoms with Crippen molar-refractivity contribution in [1.29, 1.82) is 0 Å². The minimum atomic E-state index is -0.250. The van der Waals surface area contributed by atoms with Crippen LogP contribution in [-0.2, 0) is 0 Å². The van der Waals surface area contributed by atoms with Crippen molar-refractivity contribution in [2.75, 3.05) is 18.4 Å². The van der Waals surface area contributed by atoms with Crippen LogP contribution in [0.15, 0.2) is 97.3 Å². The summed E-state index contributed by atoms with van der Waals surface area (Å²) in [6.07, 6.45) is 4.73. The molecular weight excluding hydrogens is 445 g/mol. The van der Waals surface area contributed by atoms with Crippen molar-refractivity contribution in [2.45, 2.75) is 18.5 Å². The molecule has 2 N–H and O–H groups in total. The highest BCUT2D eigenvalue weighted by Crippen LogP contribution is 2.39. The quantitative estimate of drug-likeness (QED) is 0.263. The van der Waals surface area contributed by atoms with Crippen LogP contribution in [0.2, 0.25) is 0 Å². The van der Waals surface area contributed by atoms with Crippen LogP contribution in [-0.4, -0.2) is 32.7 Å². The fourth-order valence-electron chi connectivity index (χ4n) is 4.48. The van der Waals surface area contributed by atoms with Crippen molar-refractivity contribution < 1.29 is 4.39 Å². The summed E-state index contributed by atoms with van der Waals surface area (Å²) in [7, 11) is 0. The van der Waals surface area contributed by atoms with Crippen LogP contribution in [0.1, 0.15) is 29.9 Å². The first-order valence-electron chi connectivity index (χ1n) is 11.4. The van der Waals surface area contributed by atoms with Crippen molar-refractivity contribution in [2.24, 2.45) is 0 Å². The number of thiocarbonyl (C=S) groups is 1. The fourth-order valence-corrected chi connectivity index (χ4v) is 4.81. The molecule has 5 nitrogen and oxygen atoms in total. The molecule has 3 heterocycles. The zero-order chi connectivity index (χ0) is 23.3. The average molecular weight is 472 g/mol. The van der Waals surface area contributed by atoms with Gasteiger partial charge < -0.3 is 20.1 Å². The number of nitrogens with zero attached hydrogens (tertiary/aromatic N) is 3. The monoisotopic (exact) mass is 471 g/mol. The topological polar surface area (TPSA) is 45.1 Å². The lowest BCUT2D eigenvalue weighted by molar-refractivity contribution is 0.307. The Morgan fingerprint density at radius 3 is 2.50 bits per heavy atom. The number of benzene rings is 2.